The molecule has 3 aromatic carbocycles. The maximum Gasteiger partial charge on any atom is 0.255 e. The van der Waals surface area contributed by atoms with Crippen molar-refractivity contribution in [1.29, 1.82) is 0 Å². The predicted molar refractivity (Wildman–Crippen MR) is 131 cm³/mol. The summed E-state index contributed by atoms with van der Waals surface area (Å²) in [5, 5.41) is 7.23. The van der Waals surface area contributed by atoms with Crippen molar-refractivity contribution in [3.63, 3.8) is 0 Å². The van der Waals surface area contributed by atoms with Crippen LogP contribution in [0.4, 0.5) is 21.8 Å². The van der Waals surface area contributed by atoms with E-state index in [1.807, 2.05) is 48.5 Å². The number of nitrogens with one attached hydrogen (secondary N) is 2. The summed E-state index contributed by atoms with van der Waals surface area (Å²) < 4.78 is 13.1. The summed E-state index contributed by atoms with van der Waals surface area (Å²) in [6, 6.07) is 21.0. The lowest BCUT2D eigenvalue weighted by molar-refractivity contribution is 0.102. The molecule has 0 saturated heterocycles. The molecular weight excluding hydrogens is 417 g/mol. The maximum absolute atomic E-state index is 13.1. The van der Waals surface area contributed by atoms with Gasteiger partial charge in [0.2, 0.25) is 5.95 Å². The zero-order chi connectivity index (χ0) is 23.2. The normalized spacial score (nSPS) is 10.8. The van der Waals surface area contributed by atoms with E-state index >= 15 is 0 Å². The number of hydrogen-bond acceptors (Lipinski definition) is 5. The second kappa shape index (κ2) is 10.1. The SMILES string of the molecule is CCN(CC)c1nc(NCc2ccc(NC(=O)c3ccc(F)cc3)cc2)c2ccccc2n1. The largest absolute Gasteiger partial charge is 0.365 e. The van der Waals surface area contributed by atoms with Crippen molar-refractivity contribution in [3.05, 3.63) is 89.7 Å². The molecule has 0 aliphatic heterocycles. The Morgan fingerprint density at radius 1 is 0.909 bits per heavy atom. The molecule has 168 valence electrons. The summed E-state index contributed by atoms with van der Waals surface area (Å²) >= 11 is 0. The van der Waals surface area contributed by atoms with Crippen molar-refractivity contribution in [1.82, 2.24) is 9.97 Å². The molecule has 0 saturated carbocycles. The van der Waals surface area contributed by atoms with Crippen LogP contribution in [0, 0.1) is 5.82 Å². The Kier molecular flexibility index (Phi) is 6.78. The Labute approximate surface area is 192 Å². The maximum atomic E-state index is 13.1. The van der Waals surface area contributed by atoms with Crippen molar-refractivity contribution in [2.45, 2.75) is 20.4 Å². The van der Waals surface area contributed by atoms with E-state index in [1.54, 1.807) is 0 Å². The third-order valence-electron chi connectivity index (χ3n) is 5.42. The lowest BCUT2D eigenvalue weighted by atomic mass is 10.1. The van der Waals surface area contributed by atoms with Crippen LogP contribution in [0.5, 0.6) is 0 Å². The molecule has 0 fully saturated rings. The van der Waals surface area contributed by atoms with Crippen LogP contribution in [0.15, 0.2) is 72.8 Å². The van der Waals surface area contributed by atoms with Crippen LogP contribution in [-0.4, -0.2) is 29.0 Å². The Hall–Kier alpha value is -4.00. The summed E-state index contributed by atoms with van der Waals surface area (Å²) in [6.07, 6.45) is 0. The molecule has 0 aliphatic carbocycles. The summed E-state index contributed by atoms with van der Waals surface area (Å²) in [4.78, 5) is 23.9. The highest BCUT2D eigenvalue weighted by Crippen LogP contribution is 2.24. The molecule has 0 spiro atoms. The Morgan fingerprint density at radius 2 is 1.61 bits per heavy atom. The number of carbonyl (C=O) groups excluding carboxylic acids is 1. The minimum absolute atomic E-state index is 0.280. The molecule has 0 bridgehead atoms. The van der Waals surface area contributed by atoms with Gasteiger partial charge in [0.05, 0.1) is 5.52 Å². The van der Waals surface area contributed by atoms with E-state index in [2.05, 4.69) is 29.4 Å². The van der Waals surface area contributed by atoms with Gasteiger partial charge >= 0.3 is 0 Å². The van der Waals surface area contributed by atoms with Crippen LogP contribution in [0.2, 0.25) is 0 Å². The first kappa shape index (κ1) is 22.2. The highest BCUT2D eigenvalue weighted by molar-refractivity contribution is 6.04. The Morgan fingerprint density at radius 3 is 2.30 bits per heavy atom. The van der Waals surface area contributed by atoms with Gasteiger partial charge in [-0.25, -0.2) is 9.37 Å². The van der Waals surface area contributed by atoms with Gasteiger partial charge in [-0.2, -0.15) is 4.98 Å². The lowest BCUT2D eigenvalue weighted by Crippen LogP contribution is -2.24. The zero-order valence-electron chi connectivity index (χ0n) is 18.7. The molecule has 2 N–H and O–H groups in total. The summed E-state index contributed by atoms with van der Waals surface area (Å²) in [5.74, 6) is 0.845. The fraction of sp³-hybridized carbons (Fsp3) is 0.192. The summed E-state index contributed by atoms with van der Waals surface area (Å²) in [6.45, 7) is 6.42. The molecule has 4 aromatic rings. The van der Waals surface area contributed by atoms with Gasteiger partial charge in [0.25, 0.3) is 5.91 Å². The number of nitrogens with zero attached hydrogens (tertiary/aromatic N) is 3. The van der Waals surface area contributed by atoms with Gasteiger partial charge in [0.1, 0.15) is 11.6 Å². The van der Waals surface area contributed by atoms with E-state index in [0.29, 0.717) is 23.7 Å². The van der Waals surface area contributed by atoms with Gasteiger partial charge in [0.15, 0.2) is 0 Å². The standard InChI is InChI=1S/C26H26FN5O/c1-3-32(4-2)26-30-23-8-6-5-7-22(23)24(31-26)28-17-18-9-15-21(16-10-18)29-25(33)19-11-13-20(27)14-12-19/h5-16H,3-4,17H2,1-2H3,(H,29,33)(H,28,30,31). The molecule has 1 aromatic heterocycles. The minimum atomic E-state index is -0.371. The van der Waals surface area contributed by atoms with Crippen molar-refractivity contribution in [2.75, 3.05) is 28.6 Å². The highest BCUT2D eigenvalue weighted by Gasteiger charge is 2.12. The average Bonchev–Trinajstić information content (AvgIpc) is 2.84. The fourth-order valence-corrected chi connectivity index (χ4v) is 3.54. The fourth-order valence-electron chi connectivity index (χ4n) is 3.54. The van der Waals surface area contributed by atoms with Crippen molar-refractivity contribution in [3.8, 4) is 0 Å². The number of hydrogen-bond donors (Lipinski definition) is 2. The van der Waals surface area contributed by atoms with Crippen LogP contribution >= 0.6 is 0 Å². The van der Waals surface area contributed by atoms with E-state index in [0.717, 1.165) is 35.4 Å². The molecule has 7 heteroatoms. The van der Waals surface area contributed by atoms with Gasteiger partial charge < -0.3 is 15.5 Å². The van der Waals surface area contributed by atoms with Crippen LogP contribution in [0.3, 0.4) is 0 Å². The van der Waals surface area contributed by atoms with Crippen LogP contribution in [0.25, 0.3) is 10.9 Å². The van der Waals surface area contributed by atoms with E-state index in [4.69, 9.17) is 9.97 Å². The predicted octanol–water partition coefficient (Wildman–Crippen LogP) is 5.48. The molecule has 6 nitrogen and oxygen atoms in total. The van der Waals surface area contributed by atoms with Crippen LogP contribution in [-0.2, 0) is 6.54 Å². The van der Waals surface area contributed by atoms with E-state index in [-0.39, 0.29) is 11.7 Å². The third-order valence-corrected chi connectivity index (χ3v) is 5.42. The Bertz CT molecular complexity index is 1240. The molecule has 0 atom stereocenters. The molecule has 0 radical (unpaired) electrons. The summed E-state index contributed by atoms with van der Waals surface area (Å²) in [7, 11) is 0. The first-order valence-corrected chi connectivity index (χ1v) is 11.0. The van der Waals surface area contributed by atoms with Crippen molar-refractivity contribution >= 4 is 34.3 Å². The molecule has 1 amide bonds. The number of aromatic nitrogens is 2. The molecule has 0 aliphatic rings. The number of halogens is 1. The number of para-hydroxylation sites is 1. The average molecular weight is 444 g/mol. The van der Waals surface area contributed by atoms with Crippen LogP contribution < -0.4 is 15.5 Å². The quantitative estimate of drug-likeness (QED) is 0.377. The number of rotatable bonds is 8. The van der Waals surface area contributed by atoms with E-state index in [1.165, 1.54) is 24.3 Å². The van der Waals surface area contributed by atoms with Gasteiger partial charge in [0, 0.05) is 36.3 Å². The smallest absolute Gasteiger partial charge is 0.255 e. The van der Waals surface area contributed by atoms with Gasteiger partial charge in [-0.3, -0.25) is 4.79 Å². The molecule has 33 heavy (non-hydrogen) atoms. The second-order valence-electron chi connectivity index (χ2n) is 7.57. The lowest BCUT2D eigenvalue weighted by Gasteiger charge is -2.20. The number of benzene rings is 3. The number of carbonyl (C=O) groups is 1. The minimum Gasteiger partial charge on any atom is -0.365 e. The van der Waals surface area contributed by atoms with Gasteiger partial charge in [-0.1, -0.05) is 24.3 Å². The van der Waals surface area contributed by atoms with Crippen molar-refractivity contribution < 1.29 is 9.18 Å². The molecule has 1 heterocycles. The Balaban J connectivity index is 1.47. The van der Waals surface area contributed by atoms with E-state index in [9.17, 15) is 9.18 Å². The topological polar surface area (TPSA) is 70.2 Å². The zero-order valence-corrected chi connectivity index (χ0v) is 18.7. The van der Waals surface area contributed by atoms with Gasteiger partial charge in [-0.05, 0) is 67.9 Å². The van der Waals surface area contributed by atoms with Crippen molar-refractivity contribution in [2.24, 2.45) is 0 Å². The number of amides is 1. The van der Waals surface area contributed by atoms with Crippen LogP contribution in [0.1, 0.15) is 29.8 Å². The second-order valence-corrected chi connectivity index (χ2v) is 7.57. The number of anilines is 3. The first-order valence-electron chi connectivity index (χ1n) is 11.0. The molecule has 0 unspecified atom stereocenters. The summed E-state index contributed by atoms with van der Waals surface area (Å²) in [5.41, 5.74) is 3.02. The first-order chi connectivity index (χ1) is 16.1. The molecular formula is C26H26FN5O. The number of fused-ring (bicyclic) bond motifs is 1. The van der Waals surface area contributed by atoms with Gasteiger partial charge in [-0.15, -0.1) is 0 Å². The molecule has 4 rings (SSSR count). The van der Waals surface area contributed by atoms with E-state index < -0.39 is 0 Å². The third kappa shape index (κ3) is 5.26. The highest BCUT2D eigenvalue weighted by atomic mass is 19.1. The monoisotopic (exact) mass is 443 g/mol.